The summed E-state index contributed by atoms with van der Waals surface area (Å²) in [6.45, 7) is 4.17. The molecular formula is C14H14F2. The zero-order valence-electron chi connectivity index (χ0n) is 9.43. The zero-order chi connectivity index (χ0) is 11.8. The lowest BCUT2D eigenvalue weighted by molar-refractivity contribution is 0.508. The Bertz CT molecular complexity index is 468. The number of benzene rings is 1. The molecule has 0 aromatic heterocycles. The quantitative estimate of drug-likeness (QED) is 0.618. The smallest absolute Gasteiger partial charge is 0.159 e. The van der Waals surface area contributed by atoms with Gasteiger partial charge >= 0.3 is 0 Å². The maximum atomic E-state index is 13.1. The van der Waals surface area contributed by atoms with Gasteiger partial charge in [-0.1, -0.05) is 38.1 Å². The van der Waals surface area contributed by atoms with Crippen molar-refractivity contribution in [3.8, 4) is 0 Å². The van der Waals surface area contributed by atoms with Crippen molar-refractivity contribution in [1.29, 1.82) is 0 Å². The van der Waals surface area contributed by atoms with Crippen molar-refractivity contribution in [1.82, 2.24) is 0 Å². The van der Waals surface area contributed by atoms with Crippen molar-refractivity contribution in [3.63, 3.8) is 0 Å². The highest BCUT2D eigenvalue weighted by atomic mass is 19.2. The minimum Gasteiger partial charge on any atom is -0.204 e. The molecule has 1 aliphatic carbocycles. The summed E-state index contributed by atoms with van der Waals surface area (Å²) >= 11 is 0. The maximum absolute atomic E-state index is 13.1. The van der Waals surface area contributed by atoms with E-state index in [1.54, 1.807) is 6.07 Å². The normalized spacial score (nSPS) is 18.4. The second-order valence-corrected chi connectivity index (χ2v) is 4.73. The summed E-state index contributed by atoms with van der Waals surface area (Å²) in [5, 5.41) is 0. The van der Waals surface area contributed by atoms with E-state index in [0.717, 1.165) is 17.6 Å². The van der Waals surface area contributed by atoms with Crippen LogP contribution in [0.5, 0.6) is 0 Å². The molecule has 2 heteroatoms. The van der Waals surface area contributed by atoms with Crippen molar-refractivity contribution in [2.75, 3.05) is 0 Å². The summed E-state index contributed by atoms with van der Waals surface area (Å²) in [5.41, 5.74) is 1.79. The third-order valence-corrected chi connectivity index (χ3v) is 2.72. The first-order chi connectivity index (χ1) is 7.48. The van der Waals surface area contributed by atoms with Crippen LogP contribution in [0.3, 0.4) is 0 Å². The molecule has 0 aliphatic heterocycles. The van der Waals surface area contributed by atoms with Crippen LogP contribution in [-0.4, -0.2) is 0 Å². The highest BCUT2D eigenvalue weighted by molar-refractivity contribution is 5.69. The Labute approximate surface area is 94.3 Å². The Morgan fingerprint density at radius 2 is 1.88 bits per heavy atom. The molecule has 0 nitrogen and oxygen atoms in total. The van der Waals surface area contributed by atoms with E-state index in [9.17, 15) is 8.78 Å². The van der Waals surface area contributed by atoms with E-state index < -0.39 is 11.6 Å². The van der Waals surface area contributed by atoms with Crippen LogP contribution in [0.1, 0.15) is 25.8 Å². The molecule has 0 heterocycles. The van der Waals surface area contributed by atoms with Gasteiger partial charge in [0, 0.05) is 5.41 Å². The van der Waals surface area contributed by atoms with Gasteiger partial charge in [-0.3, -0.25) is 0 Å². The molecule has 0 fully saturated rings. The molecule has 1 aliphatic rings. The topological polar surface area (TPSA) is 0 Å². The van der Waals surface area contributed by atoms with E-state index >= 15 is 0 Å². The van der Waals surface area contributed by atoms with Gasteiger partial charge in [0.2, 0.25) is 0 Å². The fraction of sp³-hybridized carbons (Fsp3) is 0.286. The first-order valence-electron chi connectivity index (χ1n) is 5.33. The number of hydrogen-bond acceptors (Lipinski definition) is 0. The zero-order valence-corrected chi connectivity index (χ0v) is 9.43. The predicted octanol–water partition coefficient (Wildman–Crippen LogP) is 4.33. The SMILES string of the molecule is CC1(C)C=CCC(c2ccc(F)c(F)c2)=C1. The largest absolute Gasteiger partial charge is 0.204 e. The summed E-state index contributed by atoms with van der Waals surface area (Å²) < 4.78 is 25.9. The van der Waals surface area contributed by atoms with Crippen molar-refractivity contribution in [3.05, 3.63) is 53.6 Å². The Balaban J connectivity index is 2.38. The monoisotopic (exact) mass is 220 g/mol. The molecule has 1 aromatic rings. The molecule has 0 unspecified atom stereocenters. The molecule has 0 N–H and O–H groups in total. The van der Waals surface area contributed by atoms with E-state index in [1.165, 1.54) is 12.1 Å². The molecule has 0 saturated carbocycles. The summed E-state index contributed by atoms with van der Waals surface area (Å²) in [5.74, 6) is -1.58. The fourth-order valence-corrected chi connectivity index (χ4v) is 1.94. The van der Waals surface area contributed by atoms with Gasteiger partial charge in [-0.15, -0.1) is 0 Å². The van der Waals surface area contributed by atoms with Gasteiger partial charge in [-0.2, -0.15) is 0 Å². The van der Waals surface area contributed by atoms with Gasteiger partial charge in [-0.05, 0) is 29.7 Å². The molecular weight excluding hydrogens is 206 g/mol. The molecule has 0 bridgehead atoms. The van der Waals surface area contributed by atoms with Crippen molar-refractivity contribution >= 4 is 5.57 Å². The third-order valence-electron chi connectivity index (χ3n) is 2.72. The van der Waals surface area contributed by atoms with Crippen LogP contribution in [-0.2, 0) is 0 Å². The number of halogens is 2. The lowest BCUT2D eigenvalue weighted by Gasteiger charge is -2.22. The van der Waals surface area contributed by atoms with Crippen molar-refractivity contribution < 1.29 is 8.78 Å². The van der Waals surface area contributed by atoms with Crippen LogP contribution in [0.2, 0.25) is 0 Å². The molecule has 0 saturated heterocycles. The van der Waals surface area contributed by atoms with E-state index in [1.807, 2.05) is 0 Å². The Morgan fingerprint density at radius 1 is 1.12 bits per heavy atom. The van der Waals surface area contributed by atoms with E-state index in [2.05, 4.69) is 32.1 Å². The second kappa shape index (κ2) is 3.85. The molecule has 84 valence electrons. The number of rotatable bonds is 1. The molecule has 0 amide bonds. The van der Waals surface area contributed by atoms with Gasteiger partial charge < -0.3 is 0 Å². The van der Waals surface area contributed by atoms with Gasteiger partial charge in [0.1, 0.15) is 0 Å². The van der Waals surface area contributed by atoms with E-state index in [4.69, 9.17) is 0 Å². The molecule has 2 rings (SSSR count). The Hall–Kier alpha value is -1.44. The van der Waals surface area contributed by atoms with Crippen molar-refractivity contribution in [2.45, 2.75) is 20.3 Å². The Morgan fingerprint density at radius 3 is 2.50 bits per heavy atom. The summed E-state index contributed by atoms with van der Waals surface area (Å²) in [4.78, 5) is 0. The van der Waals surface area contributed by atoms with E-state index in [0.29, 0.717) is 0 Å². The van der Waals surface area contributed by atoms with Crippen LogP contribution in [0.25, 0.3) is 5.57 Å². The minimum atomic E-state index is -0.796. The highest BCUT2D eigenvalue weighted by Crippen LogP contribution is 2.32. The Kier molecular flexibility index (Phi) is 2.66. The van der Waals surface area contributed by atoms with Gasteiger partial charge in [-0.25, -0.2) is 8.78 Å². The van der Waals surface area contributed by atoms with Crippen LogP contribution in [0, 0.1) is 17.0 Å². The average molecular weight is 220 g/mol. The minimum absolute atomic E-state index is 0.0154. The first-order valence-corrected chi connectivity index (χ1v) is 5.33. The second-order valence-electron chi connectivity index (χ2n) is 4.73. The molecule has 0 radical (unpaired) electrons. The molecule has 0 atom stereocenters. The standard InChI is InChI=1S/C14H14F2/c1-14(2)7-3-4-11(9-14)10-5-6-12(15)13(16)8-10/h3,5-9H,4H2,1-2H3. The molecule has 1 aromatic carbocycles. The van der Waals surface area contributed by atoms with Gasteiger partial charge in [0.05, 0.1) is 0 Å². The lowest BCUT2D eigenvalue weighted by atomic mass is 9.83. The summed E-state index contributed by atoms with van der Waals surface area (Å²) in [6, 6.07) is 4.06. The van der Waals surface area contributed by atoms with Crippen LogP contribution >= 0.6 is 0 Å². The third kappa shape index (κ3) is 2.21. The van der Waals surface area contributed by atoms with Crippen LogP contribution in [0.4, 0.5) is 8.78 Å². The number of hydrogen-bond donors (Lipinski definition) is 0. The van der Waals surface area contributed by atoms with E-state index in [-0.39, 0.29) is 5.41 Å². The molecule has 16 heavy (non-hydrogen) atoms. The maximum Gasteiger partial charge on any atom is 0.159 e. The highest BCUT2D eigenvalue weighted by Gasteiger charge is 2.16. The fourth-order valence-electron chi connectivity index (χ4n) is 1.94. The number of allylic oxidation sites excluding steroid dienone is 4. The first kappa shape index (κ1) is 11.1. The van der Waals surface area contributed by atoms with Crippen LogP contribution < -0.4 is 0 Å². The van der Waals surface area contributed by atoms with Crippen molar-refractivity contribution in [2.24, 2.45) is 5.41 Å². The molecule has 0 spiro atoms. The van der Waals surface area contributed by atoms with Crippen LogP contribution in [0.15, 0.2) is 36.4 Å². The van der Waals surface area contributed by atoms with Gasteiger partial charge in [0.25, 0.3) is 0 Å². The summed E-state index contributed by atoms with van der Waals surface area (Å²) in [6.07, 6.45) is 7.06. The predicted molar refractivity (Wildman–Crippen MR) is 61.9 cm³/mol. The van der Waals surface area contributed by atoms with Gasteiger partial charge in [0.15, 0.2) is 11.6 Å². The lowest BCUT2D eigenvalue weighted by Crippen LogP contribution is -2.07. The average Bonchev–Trinajstić information content (AvgIpc) is 2.20. The summed E-state index contributed by atoms with van der Waals surface area (Å²) in [7, 11) is 0.